The average Bonchev–Trinajstić information content (AvgIpc) is 2.72. The van der Waals surface area contributed by atoms with Gasteiger partial charge in [0, 0.05) is 36.8 Å². The lowest BCUT2D eigenvalue weighted by Crippen LogP contribution is -2.41. The Morgan fingerprint density at radius 1 is 1.03 bits per heavy atom. The van der Waals surface area contributed by atoms with Crippen LogP contribution in [0.25, 0.3) is 0 Å². The van der Waals surface area contributed by atoms with Gasteiger partial charge in [-0.1, -0.05) is 0 Å². The number of halogens is 2. The fourth-order valence-corrected chi connectivity index (χ4v) is 2.67. The van der Waals surface area contributed by atoms with Crippen LogP contribution < -0.4 is 16.4 Å². The molecular formula is C21H22F2N4O4. The molecule has 0 bridgehead atoms. The zero-order chi connectivity index (χ0) is 23.0. The van der Waals surface area contributed by atoms with Crippen molar-refractivity contribution in [2.24, 2.45) is 5.73 Å². The van der Waals surface area contributed by atoms with Crippen molar-refractivity contribution in [2.75, 3.05) is 25.0 Å². The molecule has 0 atom stereocenters. The molecule has 10 heteroatoms. The van der Waals surface area contributed by atoms with Gasteiger partial charge in [-0.2, -0.15) is 0 Å². The van der Waals surface area contributed by atoms with Gasteiger partial charge in [0.25, 0.3) is 5.91 Å². The second kappa shape index (κ2) is 10.8. The highest BCUT2D eigenvalue weighted by molar-refractivity contribution is 5.97. The standard InChI is InChI=1S/C21H22F2N4O4/c1-2-27(10-9-18(28)26-15-6-3-13(4-7-15)20(24)30)19(29)12-25-21(31)16-8-5-14(22)11-17(16)23/h3-8,11H,2,9-10,12H2,1H3,(H2,24,30)(H,25,31)(H,26,28). The van der Waals surface area contributed by atoms with Gasteiger partial charge in [0.1, 0.15) is 11.6 Å². The van der Waals surface area contributed by atoms with E-state index in [-0.39, 0.29) is 24.4 Å². The van der Waals surface area contributed by atoms with Gasteiger partial charge in [0.05, 0.1) is 12.1 Å². The molecule has 4 N–H and O–H groups in total. The van der Waals surface area contributed by atoms with E-state index in [1.165, 1.54) is 29.2 Å². The van der Waals surface area contributed by atoms with Gasteiger partial charge in [0.15, 0.2) is 0 Å². The van der Waals surface area contributed by atoms with Crippen LogP contribution in [-0.2, 0) is 9.59 Å². The minimum absolute atomic E-state index is 0.00229. The van der Waals surface area contributed by atoms with Gasteiger partial charge >= 0.3 is 0 Å². The Balaban J connectivity index is 1.83. The van der Waals surface area contributed by atoms with Gasteiger partial charge in [-0.3, -0.25) is 19.2 Å². The van der Waals surface area contributed by atoms with Crippen LogP contribution in [-0.4, -0.2) is 48.2 Å². The Morgan fingerprint density at radius 2 is 1.71 bits per heavy atom. The molecule has 0 spiro atoms. The van der Waals surface area contributed by atoms with Crippen molar-refractivity contribution >= 4 is 29.3 Å². The highest BCUT2D eigenvalue weighted by Gasteiger charge is 2.17. The van der Waals surface area contributed by atoms with Crippen LogP contribution in [0.1, 0.15) is 34.1 Å². The second-order valence-corrected chi connectivity index (χ2v) is 6.52. The molecule has 0 aliphatic rings. The number of rotatable bonds is 9. The number of nitrogens with zero attached hydrogens (tertiary/aromatic N) is 1. The number of benzene rings is 2. The first-order chi connectivity index (χ1) is 14.7. The maximum atomic E-state index is 13.6. The van der Waals surface area contributed by atoms with Crippen LogP contribution in [0.2, 0.25) is 0 Å². The van der Waals surface area contributed by atoms with Crippen molar-refractivity contribution in [3.8, 4) is 0 Å². The first kappa shape index (κ1) is 23.5. The fourth-order valence-electron chi connectivity index (χ4n) is 2.67. The summed E-state index contributed by atoms with van der Waals surface area (Å²) in [5.74, 6) is -4.09. The molecule has 2 aromatic carbocycles. The van der Waals surface area contributed by atoms with E-state index >= 15 is 0 Å². The SMILES string of the molecule is CCN(CCC(=O)Nc1ccc(C(N)=O)cc1)C(=O)CNC(=O)c1ccc(F)cc1F. The maximum Gasteiger partial charge on any atom is 0.254 e. The summed E-state index contributed by atoms with van der Waals surface area (Å²) in [6, 6.07) is 8.53. The normalized spacial score (nSPS) is 10.3. The third kappa shape index (κ3) is 6.88. The summed E-state index contributed by atoms with van der Waals surface area (Å²) in [7, 11) is 0. The predicted molar refractivity (Wildman–Crippen MR) is 109 cm³/mol. The molecule has 0 fully saturated rings. The van der Waals surface area contributed by atoms with E-state index in [9.17, 15) is 28.0 Å². The third-order valence-electron chi connectivity index (χ3n) is 4.37. The molecule has 4 amide bonds. The van der Waals surface area contributed by atoms with E-state index in [2.05, 4.69) is 10.6 Å². The number of hydrogen-bond acceptors (Lipinski definition) is 4. The number of nitrogens with two attached hydrogens (primary N) is 1. The molecule has 0 aromatic heterocycles. The summed E-state index contributed by atoms with van der Waals surface area (Å²) >= 11 is 0. The number of carbonyl (C=O) groups excluding carboxylic acids is 4. The summed E-state index contributed by atoms with van der Waals surface area (Å²) in [5.41, 5.74) is 5.56. The van der Waals surface area contributed by atoms with E-state index in [0.29, 0.717) is 23.9 Å². The fraction of sp³-hybridized carbons (Fsp3) is 0.238. The second-order valence-electron chi connectivity index (χ2n) is 6.52. The summed E-state index contributed by atoms with van der Waals surface area (Å²) in [6.07, 6.45) is -0.00229. The van der Waals surface area contributed by atoms with Crippen molar-refractivity contribution < 1.29 is 28.0 Å². The number of anilines is 1. The Kier molecular flexibility index (Phi) is 8.18. The summed E-state index contributed by atoms with van der Waals surface area (Å²) in [5, 5.41) is 4.92. The van der Waals surface area contributed by atoms with Gasteiger partial charge in [-0.15, -0.1) is 0 Å². The Bertz CT molecular complexity index is 980. The van der Waals surface area contributed by atoms with Gasteiger partial charge in [-0.05, 0) is 43.3 Å². The summed E-state index contributed by atoms with van der Waals surface area (Å²) < 4.78 is 26.6. The van der Waals surface area contributed by atoms with E-state index in [0.717, 1.165) is 12.1 Å². The Hall–Kier alpha value is -3.82. The number of nitrogens with one attached hydrogen (secondary N) is 2. The van der Waals surface area contributed by atoms with Crippen LogP contribution in [0.4, 0.5) is 14.5 Å². The topological polar surface area (TPSA) is 122 Å². The molecule has 0 aliphatic heterocycles. The molecule has 2 aromatic rings. The van der Waals surface area contributed by atoms with Crippen molar-refractivity contribution in [3.63, 3.8) is 0 Å². The quantitative estimate of drug-likeness (QED) is 0.558. The predicted octanol–water partition coefficient (Wildman–Crippen LogP) is 1.67. The largest absolute Gasteiger partial charge is 0.366 e. The van der Waals surface area contributed by atoms with Crippen LogP contribution in [0.3, 0.4) is 0 Å². The first-order valence-electron chi connectivity index (χ1n) is 9.42. The van der Waals surface area contributed by atoms with Crippen molar-refractivity contribution in [1.29, 1.82) is 0 Å². The minimum Gasteiger partial charge on any atom is -0.366 e. The number of carbonyl (C=O) groups is 4. The van der Waals surface area contributed by atoms with Gasteiger partial charge < -0.3 is 21.3 Å². The monoisotopic (exact) mass is 432 g/mol. The summed E-state index contributed by atoms with van der Waals surface area (Å²) in [4.78, 5) is 48.8. The number of amides is 4. The Morgan fingerprint density at radius 3 is 2.29 bits per heavy atom. The zero-order valence-electron chi connectivity index (χ0n) is 16.8. The van der Waals surface area contributed by atoms with Crippen molar-refractivity contribution in [3.05, 3.63) is 65.2 Å². The van der Waals surface area contributed by atoms with E-state index in [1.54, 1.807) is 6.92 Å². The third-order valence-corrected chi connectivity index (χ3v) is 4.37. The molecule has 0 saturated heterocycles. The molecular weight excluding hydrogens is 410 g/mol. The van der Waals surface area contributed by atoms with E-state index in [4.69, 9.17) is 5.73 Å². The van der Waals surface area contributed by atoms with Crippen LogP contribution in [0, 0.1) is 11.6 Å². The molecule has 0 saturated carbocycles. The molecule has 2 rings (SSSR count). The molecule has 31 heavy (non-hydrogen) atoms. The lowest BCUT2D eigenvalue weighted by molar-refractivity contribution is -0.130. The molecule has 0 unspecified atom stereocenters. The van der Waals surface area contributed by atoms with Crippen LogP contribution >= 0.6 is 0 Å². The molecule has 0 heterocycles. The lowest BCUT2D eigenvalue weighted by Gasteiger charge is -2.21. The van der Waals surface area contributed by atoms with Crippen molar-refractivity contribution in [2.45, 2.75) is 13.3 Å². The highest BCUT2D eigenvalue weighted by Crippen LogP contribution is 2.10. The number of likely N-dealkylation sites (N-methyl/N-ethyl adjacent to an activating group) is 1. The Labute approximate surface area is 177 Å². The smallest absolute Gasteiger partial charge is 0.254 e. The summed E-state index contributed by atoms with van der Waals surface area (Å²) in [6.45, 7) is 1.70. The highest BCUT2D eigenvalue weighted by atomic mass is 19.1. The van der Waals surface area contributed by atoms with Crippen LogP contribution in [0.15, 0.2) is 42.5 Å². The van der Waals surface area contributed by atoms with E-state index < -0.39 is 35.9 Å². The molecule has 0 aliphatic carbocycles. The minimum atomic E-state index is -1.03. The average molecular weight is 432 g/mol. The van der Waals surface area contributed by atoms with Crippen molar-refractivity contribution in [1.82, 2.24) is 10.2 Å². The lowest BCUT2D eigenvalue weighted by atomic mass is 10.2. The van der Waals surface area contributed by atoms with Gasteiger partial charge in [0.2, 0.25) is 17.7 Å². The molecule has 8 nitrogen and oxygen atoms in total. The maximum absolute atomic E-state index is 13.6. The van der Waals surface area contributed by atoms with E-state index in [1.807, 2.05) is 0 Å². The zero-order valence-corrected chi connectivity index (χ0v) is 16.8. The molecule has 164 valence electrons. The number of primary amides is 1. The van der Waals surface area contributed by atoms with Gasteiger partial charge in [-0.25, -0.2) is 8.78 Å². The number of hydrogen-bond donors (Lipinski definition) is 3. The van der Waals surface area contributed by atoms with Crippen LogP contribution in [0.5, 0.6) is 0 Å². The first-order valence-corrected chi connectivity index (χ1v) is 9.42. The molecule has 0 radical (unpaired) electrons.